The standard InChI is InChI=1S/C15H18O2/c1-11-16-15(17-11)14-9-5-8-13(10-14)12-6-3-2-4-7-12/h3,5-6,8-12,15H,2,4,7H2,1H3. The minimum absolute atomic E-state index is 0.0572. The van der Waals surface area contributed by atoms with E-state index < -0.39 is 0 Å². The van der Waals surface area contributed by atoms with Crippen LogP contribution in [-0.2, 0) is 9.47 Å². The van der Waals surface area contributed by atoms with E-state index in [1.165, 1.54) is 24.8 Å². The maximum Gasteiger partial charge on any atom is 0.189 e. The molecule has 1 unspecified atom stereocenters. The summed E-state index contributed by atoms with van der Waals surface area (Å²) in [4.78, 5) is 0. The van der Waals surface area contributed by atoms with Gasteiger partial charge in [-0.25, -0.2) is 0 Å². The normalized spacial score (nSPS) is 32.2. The van der Waals surface area contributed by atoms with E-state index in [1.807, 2.05) is 6.92 Å². The van der Waals surface area contributed by atoms with Gasteiger partial charge < -0.3 is 9.47 Å². The third kappa shape index (κ3) is 2.28. The monoisotopic (exact) mass is 230 g/mol. The lowest BCUT2D eigenvalue weighted by molar-refractivity contribution is -0.382. The molecule has 90 valence electrons. The van der Waals surface area contributed by atoms with Crippen molar-refractivity contribution in [1.29, 1.82) is 0 Å². The first-order valence-corrected chi connectivity index (χ1v) is 6.40. The summed E-state index contributed by atoms with van der Waals surface area (Å²) in [5, 5.41) is 0. The average Bonchev–Trinajstić information content (AvgIpc) is 2.36. The number of rotatable bonds is 2. The summed E-state index contributed by atoms with van der Waals surface area (Å²) in [5.41, 5.74) is 2.52. The molecular weight excluding hydrogens is 212 g/mol. The first-order valence-electron chi connectivity index (χ1n) is 6.40. The van der Waals surface area contributed by atoms with Crippen LogP contribution in [0.5, 0.6) is 0 Å². The van der Waals surface area contributed by atoms with Crippen LogP contribution in [0.4, 0.5) is 0 Å². The lowest BCUT2D eigenvalue weighted by atomic mass is 9.88. The lowest BCUT2D eigenvalue weighted by Crippen LogP contribution is -2.31. The Morgan fingerprint density at radius 1 is 1.18 bits per heavy atom. The second-order valence-corrected chi connectivity index (χ2v) is 4.81. The van der Waals surface area contributed by atoms with Crippen LogP contribution in [0.1, 0.15) is 49.5 Å². The number of ether oxygens (including phenoxy) is 2. The van der Waals surface area contributed by atoms with Gasteiger partial charge in [-0.3, -0.25) is 0 Å². The van der Waals surface area contributed by atoms with Gasteiger partial charge in [0.15, 0.2) is 12.6 Å². The minimum Gasteiger partial charge on any atom is -0.320 e. The molecule has 1 heterocycles. The fraction of sp³-hybridized carbons (Fsp3) is 0.467. The van der Waals surface area contributed by atoms with Gasteiger partial charge in [-0.1, -0.05) is 36.4 Å². The molecule has 0 aromatic heterocycles. The molecule has 0 bridgehead atoms. The van der Waals surface area contributed by atoms with E-state index in [2.05, 4.69) is 36.4 Å². The smallest absolute Gasteiger partial charge is 0.189 e. The molecule has 1 aromatic rings. The van der Waals surface area contributed by atoms with Crippen molar-refractivity contribution in [3.05, 3.63) is 47.5 Å². The SMILES string of the molecule is CC1OC(c2cccc(C3C=CCCC3)c2)O1. The van der Waals surface area contributed by atoms with E-state index in [0.29, 0.717) is 5.92 Å². The third-order valence-electron chi connectivity index (χ3n) is 3.50. The largest absolute Gasteiger partial charge is 0.320 e. The zero-order valence-electron chi connectivity index (χ0n) is 10.1. The summed E-state index contributed by atoms with van der Waals surface area (Å²) in [7, 11) is 0. The fourth-order valence-electron chi connectivity index (χ4n) is 2.54. The number of hydrogen-bond acceptors (Lipinski definition) is 2. The molecule has 1 aromatic carbocycles. The molecule has 0 amide bonds. The fourth-order valence-corrected chi connectivity index (χ4v) is 2.54. The van der Waals surface area contributed by atoms with E-state index in [-0.39, 0.29) is 12.6 Å². The molecule has 2 heteroatoms. The number of allylic oxidation sites excluding steroid dienone is 2. The van der Waals surface area contributed by atoms with Crippen LogP contribution in [0, 0.1) is 0 Å². The molecular formula is C15H18O2. The summed E-state index contributed by atoms with van der Waals surface area (Å²) in [6.07, 6.45) is 8.17. The Kier molecular flexibility index (Phi) is 3.00. The Morgan fingerprint density at radius 2 is 2.00 bits per heavy atom. The first kappa shape index (κ1) is 11.0. The van der Waals surface area contributed by atoms with Crippen molar-refractivity contribution in [1.82, 2.24) is 0 Å². The highest BCUT2D eigenvalue weighted by molar-refractivity contribution is 5.30. The Morgan fingerprint density at radius 3 is 2.71 bits per heavy atom. The highest BCUT2D eigenvalue weighted by atomic mass is 16.9. The van der Waals surface area contributed by atoms with Crippen LogP contribution in [0.3, 0.4) is 0 Å². The predicted octanol–water partition coefficient (Wildman–Crippen LogP) is 3.90. The number of hydrogen-bond donors (Lipinski definition) is 0. The van der Waals surface area contributed by atoms with Gasteiger partial charge in [0.2, 0.25) is 0 Å². The molecule has 0 saturated carbocycles. The van der Waals surface area contributed by atoms with Gasteiger partial charge in [0.25, 0.3) is 0 Å². The molecule has 1 aliphatic carbocycles. The van der Waals surface area contributed by atoms with Crippen LogP contribution in [0.2, 0.25) is 0 Å². The molecule has 2 aliphatic rings. The minimum atomic E-state index is -0.155. The maximum atomic E-state index is 5.53. The zero-order chi connectivity index (χ0) is 11.7. The third-order valence-corrected chi connectivity index (χ3v) is 3.50. The topological polar surface area (TPSA) is 18.5 Å². The molecule has 17 heavy (non-hydrogen) atoms. The first-order chi connectivity index (χ1) is 8.33. The van der Waals surface area contributed by atoms with Gasteiger partial charge in [-0.15, -0.1) is 0 Å². The Balaban J connectivity index is 1.79. The zero-order valence-corrected chi connectivity index (χ0v) is 10.1. The van der Waals surface area contributed by atoms with Gasteiger partial charge in [0, 0.05) is 11.5 Å². The van der Waals surface area contributed by atoms with Gasteiger partial charge in [0.05, 0.1) is 0 Å². The van der Waals surface area contributed by atoms with Gasteiger partial charge in [-0.2, -0.15) is 0 Å². The predicted molar refractivity (Wildman–Crippen MR) is 66.5 cm³/mol. The Labute approximate surface area is 102 Å². The molecule has 0 N–H and O–H groups in total. The highest BCUT2D eigenvalue weighted by Gasteiger charge is 2.28. The van der Waals surface area contributed by atoms with Crippen molar-refractivity contribution in [2.24, 2.45) is 0 Å². The summed E-state index contributed by atoms with van der Waals surface area (Å²) in [5.74, 6) is 0.571. The second-order valence-electron chi connectivity index (χ2n) is 4.81. The molecule has 1 fully saturated rings. The second kappa shape index (κ2) is 4.63. The highest BCUT2D eigenvalue weighted by Crippen LogP contribution is 2.34. The average molecular weight is 230 g/mol. The molecule has 1 saturated heterocycles. The molecule has 0 spiro atoms. The van der Waals surface area contributed by atoms with Gasteiger partial charge in [-0.05, 0) is 31.7 Å². The van der Waals surface area contributed by atoms with Crippen molar-refractivity contribution in [3.63, 3.8) is 0 Å². The van der Waals surface area contributed by atoms with Crippen LogP contribution in [0.25, 0.3) is 0 Å². The van der Waals surface area contributed by atoms with E-state index in [0.717, 1.165) is 5.56 Å². The van der Waals surface area contributed by atoms with E-state index >= 15 is 0 Å². The number of benzene rings is 1. The summed E-state index contributed by atoms with van der Waals surface area (Å²) >= 11 is 0. The molecule has 1 aliphatic heterocycles. The van der Waals surface area contributed by atoms with Crippen molar-refractivity contribution < 1.29 is 9.47 Å². The molecule has 3 rings (SSSR count). The molecule has 0 radical (unpaired) electrons. The van der Waals surface area contributed by atoms with Gasteiger partial charge in [0.1, 0.15) is 0 Å². The quantitative estimate of drug-likeness (QED) is 0.717. The van der Waals surface area contributed by atoms with Gasteiger partial charge >= 0.3 is 0 Å². The van der Waals surface area contributed by atoms with Crippen LogP contribution in [0.15, 0.2) is 36.4 Å². The van der Waals surface area contributed by atoms with Crippen molar-refractivity contribution in [3.8, 4) is 0 Å². The summed E-state index contributed by atoms with van der Waals surface area (Å²) in [6.45, 7) is 1.92. The van der Waals surface area contributed by atoms with Crippen LogP contribution >= 0.6 is 0 Å². The van der Waals surface area contributed by atoms with E-state index in [4.69, 9.17) is 9.47 Å². The molecule has 2 nitrogen and oxygen atoms in total. The van der Waals surface area contributed by atoms with Crippen molar-refractivity contribution in [2.45, 2.75) is 44.7 Å². The summed E-state index contributed by atoms with van der Waals surface area (Å²) < 4.78 is 11.1. The Hall–Kier alpha value is -1.12. The van der Waals surface area contributed by atoms with Crippen molar-refractivity contribution in [2.75, 3.05) is 0 Å². The van der Waals surface area contributed by atoms with Crippen LogP contribution < -0.4 is 0 Å². The van der Waals surface area contributed by atoms with E-state index in [9.17, 15) is 0 Å². The van der Waals surface area contributed by atoms with Crippen LogP contribution in [-0.4, -0.2) is 6.29 Å². The Bertz CT molecular complexity index is 419. The van der Waals surface area contributed by atoms with Crippen molar-refractivity contribution >= 4 is 0 Å². The molecule has 1 atom stereocenters. The summed E-state index contributed by atoms with van der Waals surface area (Å²) in [6, 6.07) is 8.60. The lowest BCUT2D eigenvalue weighted by Gasteiger charge is -2.34. The maximum absolute atomic E-state index is 5.53. The van der Waals surface area contributed by atoms with E-state index in [1.54, 1.807) is 0 Å².